The number of aromatic hydroxyl groups is 1. The highest BCUT2D eigenvalue weighted by Crippen LogP contribution is 2.37. The van der Waals surface area contributed by atoms with Crippen molar-refractivity contribution in [2.24, 2.45) is 5.73 Å². The van der Waals surface area contributed by atoms with E-state index in [2.05, 4.69) is 0 Å². The molecule has 0 fully saturated rings. The normalized spacial score (nSPS) is 10.7. The fourth-order valence-electron chi connectivity index (χ4n) is 2.80. The van der Waals surface area contributed by atoms with Crippen molar-refractivity contribution >= 4 is 29.1 Å². The monoisotopic (exact) mass is 419 g/mol. The molecule has 1 amide bonds. The zero-order chi connectivity index (χ0) is 20.3. The minimum Gasteiger partial charge on any atom is -0.507 e. The lowest BCUT2D eigenvalue weighted by Gasteiger charge is -2.14. The summed E-state index contributed by atoms with van der Waals surface area (Å²) in [5, 5.41) is 10.7. The van der Waals surface area contributed by atoms with Crippen molar-refractivity contribution < 1.29 is 19.0 Å². The summed E-state index contributed by atoms with van der Waals surface area (Å²) in [7, 11) is 0. The fraction of sp³-hybridized carbons (Fsp3) is 0.0952. The van der Waals surface area contributed by atoms with Gasteiger partial charge in [-0.25, -0.2) is 4.39 Å². The number of halogens is 3. The number of carbonyl (C=O) groups is 1. The lowest BCUT2D eigenvalue weighted by atomic mass is 9.97. The molecule has 0 saturated carbocycles. The number of hydrogen-bond donors (Lipinski definition) is 2. The van der Waals surface area contributed by atoms with Crippen LogP contribution < -0.4 is 10.5 Å². The Labute approximate surface area is 171 Å². The molecule has 0 aliphatic rings. The molecule has 0 heterocycles. The van der Waals surface area contributed by atoms with Gasteiger partial charge in [0.05, 0.1) is 5.56 Å². The predicted octanol–water partition coefficient (Wildman–Crippen LogP) is 4.96. The van der Waals surface area contributed by atoms with Crippen molar-refractivity contribution in [3.63, 3.8) is 0 Å². The second kappa shape index (κ2) is 8.50. The number of carbonyl (C=O) groups excluding carboxylic acids is 1. The first-order valence-corrected chi connectivity index (χ1v) is 9.07. The van der Waals surface area contributed by atoms with Gasteiger partial charge in [0.2, 0.25) is 0 Å². The van der Waals surface area contributed by atoms with E-state index in [1.165, 1.54) is 24.3 Å². The summed E-state index contributed by atoms with van der Waals surface area (Å²) in [6.07, 6.45) is 0.111. The smallest absolute Gasteiger partial charge is 0.255 e. The number of rotatable bonds is 6. The molecular weight excluding hydrogens is 404 g/mol. The van der Waals surface area contributed by atoms with Crippen LogP contribution in [0.15, 0.2) is 54.6 Å². The highest BCUT2D eigenvalue weighted by Gasteiger charge is 2.18. The van der Waals surface area contributed by atoms with E-state index in [-0.39, 0.29) is 40.1 Å². The Morgan fingerprint density at radius 2 is 1.71 bits per heavy atom. The largest absolute Gasteiger partial charge is 0.507 e. The van der Waals surface area contributed by atoms with Crippen LogP contribution >= 0.6 is 23.2 Å². The van der Waals surface area contributed by atoms with Crippen LogP contribution in [0.25, 0.3) is 11.1 Å². The topological polar surface area (TPSA) is 72.6 Å². The SMILES string of the molecule is NC(=O)COc1cc(Cl)c(Cc2ccc(O)c(-c3ccccc3)c2F)c(Cl)c1. The van der Waals surface area contributed by atoms with Crippen LogP contribution in [-0.2, 0) is 11.2 Å². The second-order valence-corrected chi connectivity index (χ2v) is 6.91. The van der Waals surface area contributed by atoms with Gasteiger partial charge in [0.25, 0.3) is 5.91 Å². The van der Waals surface area contributed by atoms with Crippen molar-refractivity contribution in [2.75, 3.05) is 6.61 Å². The van der Waals surface area contributed by atoms with Crippen LogP contribution in [0.5, 0.6) is 11.5 Å². The minimum absolute atomic E-state index is 0.111. The fourth-order valence-corrected chi connectivity index (χ4v) is 3.40. The van der Waals surface area contributed by atoms with E-state index >= 15 is 4.39 Å². The Hall–Kier alpha value is -2.76. The van der Waals surface area contributed by atoms with Gasteiger partial charge in [0.15, 0.2) is 6.61 Å². The van der Waals surface area contributed by atoms with Crippen molar-refractivity contribution in [3.8, 4) is 22.6 Å². The van der Waals surface area contributed by atoms with Gasteiger partial charge in [-0.3, -0.25) is 4.79 Å². The van der Waals surface area contributed by atoms with Gasteiger partial charge in [-0.1, -0.05) is 59.6 Å². The Morgan fingerprint density at radius 3 is 2.32 bits per heavy atom. The van der Waals surface area contributed by atoms with Crippen molar-refractivity contribution in [1.82, 2.24) is 0 Å². The summed E-state index contributed by atoms with van der Waals surface area (Å²) in [6, 6.07) is 14.7. The maximum absolute atomic E-state index is 15.1. The van der Waals surface area contributed by atoms with Gasteiger partial charge in [-0.05, 0) is 34.9 Å². The molecule has 7 heteroatoms. The van der Waals surface area contributed by atoms with Crippen LogP contribution in [0, 0.1) is 5.82 Å². The van der Waals surface area contributed by atoms with E-state index in [9.17, 15) is 9.90 Å². The molecule has 0 radical (unpaired) electrons. The van der Waals surface area contributed by atoms with E-state index in [0.717, 1.165) is 0 Å². The summed E-state index contributed by atoms with van der Waals surface area (Å²) in [5.41, 5.74) is 6.55. The van der Waals surface area contributed by atoms with E-state index < -0.39 is 11.7 Å². The number of hydrogen-bond acceptors (Lipinski definition) is 3. The summed E-state index contributed by atoms with van der Waals surface area (Å²) in [5.74, 6) is -1.04. The van der Waals surface area contributed by atoms with Gasteiger partial charge < -0.3 is 15.6 Å². The summed E-state index contributed by atoms with van der Waals surface area (Å²) < 4.78 is 20.3. The third kappa shape index (κ3) is 4.38. The molecule has 0 bridgehead atoms. The van der Waals surface area contributed by atoms with Gasteiger partial charge in [-0.2, -0.15) is 0 Å². The standard InChI is InChI=1S/C21H16Cl2FNO3/c22-16-9-14(28-11-19(25)27)10-17(23)15(16)8-13-6-7-18(26)20(21(13)24)12-4-2-1-3-5-12/h1-7,9-10,26H,8,11H2,(H2,25,27). The quantitative estimate of drug-likeness (QED) is 0.592. The van der Waals surface area contributed by atoms with Crippen LogP contribution in [-0.4, -0.2) is 17.6 Å². The summed E-state index contributed by atoms with van der Waals surface area (Å²) >= 11 is 12.6. The minimum atomic E-state index is -0.629. The lowest BCUT2D eigenvalue weighted by molar-refractivity contribution is -0.119. The number of nitrogens with two attached hydrogens (primary N) is 1. The Morgan fingerprint density at radius 1 is 1.07 bits per heavy atom. The number of amides is 1. The van der Waals surface area contributed by atoms with E-state index in [0.29, 0.717) is 16.7 Å². The molecule has 0 saturated heterocycles. The van der Waals surface area contributed by atoms with Gasteiger partial charge in [-0.15, -0.1) is 0 Å². The van der Waals surface area contributed by atoms with Crippen molar-refractivity contribution in [3.05, 3.63) is 81.6 Å². The van der Waals surface area contributed by atoms with E-state index in [4.69, 9.17) is 33.7 Å². The van der Waals surface area contributed by atoms with Crippen LogP contribution in [0.3, 0.4) is 0 Å². The maximum Gasteiger partial charge on any atom is 0.255 e. The number of primary amides is 1. The maximum atomic E-state index is 15.1. The molecule has 3 rings (SSSR count). The molecule has 0 aliphatic heterocycles. The number of phenols is 1. The molecular formula is C21H16Cl2FNO3. The number of phenolic OH excluding ortho intramolecular Hbond substituents is 1. The molecule has 0 atom stereocenters. The highest BCUT2D eigenvalue weighted by atomic mass is 35.5. The zero-order valence-corrected chi connectivity index (χ0v) is 16.1. The number of benzene rings is 3. The molecule has 3 aromatic rings. The molecule has 0 unspecified atom stereocenters. The van der Waals surface area contributed by atoms with Crippen LogP contribution in [0.2, 0.25) is 10.0 Å². The average Bonchev–Trinajstić information content (AvgIpc) is 2.65. The van der Waals surface area contributed by atoms with Crippen LogP contribution in [0.4, 0.5) is 4.39 Å². The highest BCUT2D eigenvalue weighted by molar-refractivity contribution is 6.36. The molecule has 144 valence electrons. The van der Waals surface area contributed by atoms with Gasteiger partial charge in [0.1, 0.15) is 17.3 Å². The van der Waals surface area contributed by atoms with Gasteiger partial charge >= 0.3 is 0 Å². The predicted molar refractivity (Wildman–Crippen MR) is 107 cm³/mol. The second-order valence-electron chi connectivity index (χ2n) is 6.10. The molecule has 3 N–H and O–H groups in total. The molecule has 4 nitrogen and oxygen atoms in total. The molecule has 0 aromatic heterocycles. The average molecular weight is 420 g/mol. The third-order valence-corrected chi connectivity index (χ3v) is 4.80. The first-order chi connectivity index (χ1) is 13.4. The van der Waals surface area contributed by atoms with E-state index in [1.807, 2.05) is 6.07 Å². The molecule has 28 heavy (non-hydrogen) atoms. The molecule has 0 aliphatic carbocycles. The first kappa shape index (κ1) is 20.0. The summed E-state index contributed by atoms with van der Waals surface area (Å²) in [6.45, 7) is -0.307. The van der Waals surface area contributed by atoms with Crippen molar-refractivity contribution in [1.29, 1.82) is 0 Å². The lowest BCUT2D eigenvalue weighted by Crippen LogP contribution is -2.20. The third-order valence-electron chi connectivity index (χ3n) is 4.13. The van der Waals surface area contributed by atoms with Gasteiger partial charge in [0, 0.05) is 16.5 Å². The van der Waals surface area contributed by atoms with E-state index in [1.54, 1.807) is 24.3 Å². The molecule has 3 aromatic carbocycles. The Balaban J connectivity index is 1.95. The molecule has 0 spiro atoms. The first-order valence-electron chi connectivity index (χ1n) is 8.31. The number of ether oxygens (including phenoxy) is 1. The zero-order valence-electron chi connectivity index (χ0n) is 14.6. The summed E-state index contributed by atoms with van der Waals surface area (Å²) in [4.78, 5) is 10.8. The Kier molecular flexibility index (Phi) is 6.07. The van der Waals surface area contributed by atoms with Crippen molar-refractivity contribution in [2.45, 2.75) is 6.42 Å². The van der Waals surface area contributed by atoms with Crippen LogP contribution in [0.1, 0.15) is 11.1 Å². The Bertz CT molecular complexity index is 1000.